The summed E-state index contributed by atoms with van der Waals surface area (Å²) in [5, 5.41) is 0. The number of carbonyl (C=O) groups excluding carboxylic acids is 1. The van der Waals surface area contributed by atoms with Crippen LogP contribution in [0, 0.1) is 5.82 Å². The lowest BCUT2D eigenvalue weighted by Gasteiger charge is -2.35. The number of ether oxygens (including phenoxy) is 2. The number of benzene rings is 1. The van der Waals surface area contributed by atoms with Gasteiger partial charge in [0.05, 0.1) is 17.0 Å². The van der Waals surface area contributed by atoms with Crippen LogP contribution in [0.3, 0.4) is 0 Å². The predicted octanol–water partition coefficient (Wildman–Crippen LogP) is 3.47. The maximum atomic E-state index is 14.5. The minimum absolute atomic E-state index is 0.0225. The highest BCUT2D eigenvalue weighted by Crippen LogP contribution is 2.27. The van der Waals surface area contributed by atoms with Gasteiger partial charge >= 0.3 is 0 Å². The number of nitrogens with zero attached hydrogens (tertiary/aromatic N) is 3. The quantitative estimate of drug-likeness (QED) is 0.547. The summed E-state index contributed by atoms with van der Waals surface area (Å²) in [5.41, 5.74) is 1.53. The highest BCUT2D eigenvalue weighted by atomic mass is 32.2. The second-order valence-corrected chi connectivity index (χ2v) is 11.4. The molecule has 1 fully saturated rings. The van der Waals surface area contributed by atoms with Crippen LogP contribution in [-0.2, 0) is 19.4 Å². The number of ketones is 1. The van der Waals surface area contributed by atoms with Crippen molar-refractivity contribution in [2.24, 2.45) is 4.99 Å². The first kappa shape index (κ1) is 26.1. The SMILES string of the molecule is CC1=C(OC2CCN(CC(=O)C3=CC=CCC3)CC2)N(C)CN=C1Oc1ccc(S(C)(=O)=O)cc1F. The van der Waals surface area contributed by atoms with Crippen LogP contribution in [0.4, 0.5) is 4.39 Å². The molecule has 0 spiro atoms. The Morgan fingerprint density at radius 3 is 2.64 bits per heavy atom. The third-order valence-corrected chi connectivity index (χ3v) is 7.62. The Morgan fingerprint density at radius 1 is 1.25 bits per heavy atom. The van der Waals surface area contributed by atoms with Crippen LogP contribution in [0.25, 0.3) is 0 Å². The maximum absolute atomic E-state index is 14.5. The number of carbonyl (C=O) groups is 1. The topological polar surface area (TPSA) is 88.5 Å². The van der Waals surface area contributed by atoms with Crippen molar-refractivity contribution in [2.45, 2.75) is 43.6 Å². The van der Waals surface area contributed by atoms with Gasteiger partial charge in [0.25, 0.3) is 0 Å². The number of piperidine rings is 1. The van der Waals surface area contributed by atoms with Gasteiger partial charge in [0.15, 0.2) is 33.1 Å². The summed E-state index contributed by atoms with van der Waals surface area (Å²) in [7, 11) is -1.66. The highest BCUT2D eigenvalue weighted by Gasteiger charge is 2.28. The molecule has 0 saturated carbocycles. The van der Waals surface area contributed by atoms with E-state index in [0.29, 0.717) is 18.0 Å². The number of hydrogen-bond donors (Lipinski definition) is 0. The van der Waals surface area contributed by atoms with Crippen molar-refractivity contribution in [3.8, 4) is 5.75 Å². The van der Waals surface area contributed by atoms with Gasteiger partial charge in [0.1, 0.15) is 12.8 Å². The van der Waals surface area contributed by atoms with Crippen molar-refractivity contribution in [1.29, 1.82) is 0 Å². The Labute approximate surface area is 211 Å². The number of sulfone groups is 1. The van der Waals surface area contributed by atoms with Gasteiger partial charge in [-0.25, -0.2) is 17.8 Å². The van der Waals surface area contributed by atoms with E-state index < -0.39 is 15.7 Å². The number of aliphatic imine (C=N–C) groups is 1. The lowest BCUT2D eigenvalue weighted by Crippen LogP contribution is -2.41. The molecule has 1 aliphatic carbocycles. The summed E-state index contributed by atoms with van der Waals surface area (Å²) >= 11 is 0. The van der Waals surface area contributed by atoms with Crippen molar-refractivity contribution >= 4 is 21.5 Å². The van der Waals surface area contributed by atoms with E-state index in [0.717, 1.165) is 56.7 Å². The fraction of sp³-hybridized carbons (Fsp3) is 0.462. The van der Waals surface area contributed by atoms with Crippen molar-refractivity contribution in [3.63, 3.8) is 0 Å². The monoisotopic (exact) mass is 517 g/mol. The summed E-state index contributed by atoms with van der Waals surface area (Å²) in [4.78, 5) is 20.9. The Morgan fingerprint density at radius 2 is 2.00 bits per heavy atom. The second-order valence-electron chi connectivity index (χ2n) is 9.37. The van der Waals surface area contributed by atoms with E-state index in [1.54, 1.807) is 6.92 Å². The van der Waals surface area contributed by atoms with Crippen molar-refractivity contribution in [1.82, 2.24) is 9.80 Å². The van der Waals surface area contributed by atoms with E-state index in [4.69, 9.17) is 9.47 Å². The number of halogens is 1. The van der Waals surface area contributed by atoms with Crippen LogP contribution in [0.5, 0.6) is 5.75 Å². The smallest absolute Gasteiger partial charge is 0.224 e. The first-order valence-corrected chi connectivity index (χ1v) is 13.9. The molecule has 3 aliphatic rings. The third-order valence-electron chi connectivity index (χ3n) is 6.50. The van der Waals surface area contributed by atoms with Crippen LogP contribution >= 0.6 is 0 Å². The van der Waals surface area contributed by atoms with E-state index >= 15 is 0 Å². The minimum atomic E-state index is -3.52. The van der Waals surface area contributed by atoms with E-state index in [1.807, 2.05) is 24.1 Å². The van der Waals surface area contributed by atoms with Gasteiger partial charge in [-0.1, -0.05) is 18.2 Å². The molecule has 0 N–H and O–H groups in total. The summed E-state index contributed by atoms with van der Waals surface area (Å²) in [6, 6.07) is 3.54. The molecule has 4 rings (SSSR count). The lowest BCUT2D eigenvalue weighted by molar-refractivity contribution is -0.117. The first-order chi connectivity index (χ1) is 17.1. The molecule has 194 valence electrons. The second kappa shape index (κ2) is 11.0. The molecule has 1 saturated heterocycles. The van der Waals surface area contributed by atoms with Crippen molar-refractivity contribution < 1.29 is 27.1 Å². The Kier molecular flexibility index (Phi) is 7.94. The fourth-order valence-corrected chi connectivity index (χ4v) is 5.03. The summed E-state index contributed by atoms with van der Waals surface area (Å²) in [5.74, 6) is 0.149. The van der Waals surface area contributed by atoms with Crippen LogP contribution in [0.2, 0.25) is 0 Å². The van der Waals surface area contributed by atoms with Crippen molar-refractivity contribution in [3.05, 3.63) is 59.3 Å². The molecule has 2 heterocycles. The predicted molar refractivity (Wildman–Crippen MR) is 135 cm³/mol. The van der Waals surface area contributed by atoms with Crippen LogP contribution in [-0.4, -0.2) is 75.6 Å². The molecule has 0 atom stereocenters. The molecule has 2 aliphatic heterocycles. The average Bonchev–Trinajstić information content (AvgIpc) is 2.85. The Balaban J connectivity index is 1.36. The standard InChI is InChI=1S/C26H32FN3O5S/c1-18-25(35-24-10-9-21(15-22(24)27)36(3,32)33)28-17-29(2)26(18)34-20-11-13-30(14-12-20)16-23(31)19-7-5-4-6-8-19/h4-5,7,9-10,15,20H,6,8,11-14,16-17H2,1-3H3. The molecule has 0 radical (unpaired) electrons. The number of rotatable bonds is 7. The number of hydrogen-bond acceptors (Lipinski definition) is 8. The summed E-state index contributed by atoms with van der Waals surface area (Å²) < 4.78 is 49.9. The van der Waals surface area contributed by atoms with E-state index in [9.17, 15) is 17.6 Å². The minimum Gasteiger partial charge on any atom is -0.475 e. The zero-order valence-electron chi connectivity index (χ0n) is 20.9. The average molecular weight is 518 g/mol. The molecule has 8 nitrogen and oxygen atoms in total. The molecule has 0 amide bonds. The molecule has 0 bridgehead atoms. The van der Waals surface area contributed by atoms with Crippen LogP contribution in [0.15, 0.2) is 63.3 Å². The van der Waals surface area contributed by atoms with Gasteiger partial charge < -0.3 is 14.4 Å². The zero-order chi connectivity index (χ0) is 25.9. The van der Waals surface area contributed by atoms with E-state index in [2.05, 4.69) is 16.0 Å². The number of likely N-dealkylation sites (tertiary alicyclic amines) is 1. The molecule has 10 heteroatoms. The van der Waals surface area contributed by atoms with Gasteiger partial charge in [0.2, 0.25) is 5.90 Å². The van der Waals surface area contributed by atoms with Gasteiger partial charge in [-0.15, -0.1) is 0 Å². The largest absolute Gasteiger partial charge is 0.475 e. The third kappa shape index (κ3) is 6.22. The summed E-state index contributed by atoms with van der Waals surface area (Å²) in [6.45, 7) is 4.05. The van der Waals surface area contributed by atoms with Crippen LogP contribution in [0.1, 0.15) is 32.6 Å². The van der Waals surface area contributed by atoms with Crippen LogP contribution < -0.4 is 4.74 Å². The van der Waals surface area contributed by atoms with E-state index in [1.165, 1.54) is 12.1 Å². The summed E-state index contributed by atoms with van der Waals surface area (Å²) in [6.07, 6.45) is 10.2. The molecule has 1 aromatic rings. The van der Waals surface area contributed by atoms with Gasteiger partial charge in [0, 0.05) is 26.4 Å². The maximum Gasteiger partial charge on any atom is 0.224 e. The Bertz CT molecular complexity index is 1240. The van der Waals surface area contributed by atoms with Crippen molar-refractivity contribution in [2.75, 3.05) is 39.6 Å². The molecule has 36 heavy (non-hydrogen) atoms. The molecular weight excluding hydrogens is 485 g/mol. The van der Waals surface area contributed by atoms with E-state index in [-0.39, 0.29) is 35.1 Å². The molecule has 1 aromatic carbocycles. The van der Waals surface area contributed by atoms with Gasteiger partial charge in [-0.3, -0.25) is 9.69 Å². The fourth-order valence-electron chi connectivity index (χ4n) is 4.40. The zero-order valence-corrected chi connectivity index (χ0v) is 21.7. The normalized spacial score (nSPS) is 19.7. The Hall–Kier alpha value is -2.98. The number of allylic oxidation sites excluding steroid dienone is 3. The van der Waals surface area contributed by atoms with Gasteiger partial charge in [-0.05, 0) is 56.4 Å². The molecular formula is C26H32FN3O5S. The molecule has 0 unspecified atom stereocenters. The van der Waals surface area contributed by atoms with Gasteiger partial charge in [-0.2, -0.15) is 0 Å². The molecule has 0 aromatic heterocycles. The highest BCUT2D eigenvalue weighted by molar-refractivity contribution is 7.90. The first-order valence-electron chi connectivity index (χ1n) is 12.0. The lowest BCUT2D eigenvalue weighted by atomic mass is 10.00. The number of Topliss-reactive ketones (excluding diaryl/α,β-unsaturated/α-hetero) is 1.